The van der Waals surface area contributed by atoms with Crippen molar-refractivity contribution in [2.75, 3.05) is 6.61 Å². The number of rotatable bonds is 9. The van der Waals surface area contributed by atoms with E-state index in [0.717, 1.165) is 25.7 Å². The van der Waals surface area contributed by atoms with E-state index in [-0.39, 0.29) is 11.9 Å². The summed E-state index contributed by atoms with van der Waals surface area (Å²) in [4.78, 5) is 11.1. The summed E-state index contributed by atoms with van der Waals surface area (Å²) >= 11 is -0.826. The van der Waals surface area contributed by atoms with E-state index < -0.39 is 20.8 Å². The minimum atomic E-state index is -0.826. The predicted octanol–water partition coefficient (Wildman–Crippen LogP) is 4.74. The summed E-state index contributed by atoms with van der Waals surface area (Å²) in [6, 6.07) is 0. The van der Waals surface area contributed by atoms with Crippen LogP contribution in [0.5, 0.6) is 0 Å². The molecule has 0 aliphatic heterocycles. The Kier molecular flexibility index (Phi) is 19.3. The van der Waals surface area contributed by atoms with Crippen LogP contribution in [-0.2, 0) is 30.4 Å². The van der Waals surface area contributed by atoms with E-state index in [0.29, 0.717) is 12.2 Å². The molecule has 0 rings (SSSR count). The van der Waals surface area contributed by atoms with Gasteiger partial charge in [-0.05, 0) is 6.92 Å². The molecule has 0 aliphatic rings. The van der Waals surface area contributed by atoms with Gasteiger partial charge in [-0.25, -0.2) is 24.1 Å². The molecule has 0 aromatic heterocycles. The van der Waals surface area contributed by atoms with Crippen molar-refractivity contribution < 1.29 is 30.4 Å². The maximum atomic E-state index is 11.1. The predicted molar refractivity (Wildman–Crippen MR) is 78.8 cm³/mol. The molecule has 0 aromatic rings. The standard InChI is InChI=1S/C14H22O2.2ClH.Zr/c1-5-6-7-8-9-10-13(4)11-16-14(15)12(2)3;;;/h7,9,13H,1-2,4-6,8,10-11H2,3H3;2*1H;/q-4;;;+2/p-2. The molecule has 0 heterocycles. The summed E-state index contributed by atoms with van der Waals surface area (Å²) in [5.41, 5.74) is 0.431. The average molecular weight is 384 g/mol. The second-order valence-corrected chi connectivity index (χ2v) is 7.74. The van der Waals surface area contributed by atoms with E-state index in [1.54, 1.807) is 6.92 Å². The zero-order chi connectivity index (χ0) is 15.1. The quantitative estimate of drug-likeness (QED) is 0.249. The summed E-state index contributed by atoms with van der Waals surface area (Å²) in [7, 11) is 9.87. The molecule has 0 radical (unpaired) electrons. The van der Waals surface area contributed by atoms with E-state index in [9.17, 15) is 4.79 Å². The molecule has 0 amide bonds. The van der Waals surface area contributed by atoms with Gasteiger partial charge in [0, 0.05) is 5.57 Å². The number of ether oxygens (including phenoxy) is 1. The molecule has 0 spiro atoms. The fraction of sp³-hybridized carbons (Fsp3) is 0.500. The molecule has 19 heavy (non-hydrogen) atoms. The summed E-state index contributed by atoms with van der Waals surface area (Å²) in [5.74, 6) is -0.214. The summed E-state index contributed by atoms with van der Waals surface area (Å²) in [6.07, 6.45) is 8.16. The number of hydrogen-bond acceptors (Lipinski definition) is 2. The monoisotopic (exact) mass is 382 g/mol. The van der Waals surface area contributed by atoms with Crippen LogP contribution < -0.4 is 0 Å². The van der Waals surface area contributed by atoms with Gasteiger partial charge in [-0.1, -0.05) is 6.58 Å². The summed E-state index contributed by atoms with van der Waals surface area (Å²) in [5, 5.41) is 0. The number of unbranched alkanes of at least 4 members (excludes halogenated alkanes) is 4. The molecule has 5 heteroatoms. The molecule has 1 unspecified atom stereocenters. The van der Waals surface area contributed by atoms with Crippen molar-refractivity contribution in [3.63, 3.8) is 0 Å². The van der Waals surface area contributed by atoms with Crippen molar-refractivity contribution in [3.8, 4) is 0 Å². The number of esters is 1. The zero-order valence-corrected chi connectivity index (χ0v) is 15.4. The Balaban J connectivity index is 0. The molecule has 0 bridgehead atoms. The molecular formula is C14H22Cl2O2Zr-4. The van der Waals surface area contributed by atoms with Gasteiger partial charge in [-0.2, -0.15) is 5.92 Å². The molecule has 0 saturated carbocycles. The third-order valence-electron chi connectivity index (χ3n) is 2.04. The van der Waals surface area contributed by atoms with Crippen LogP contribution in [0.15, 0.2) is 12.2 Å². The van der Waals surface area contributed by atoms with Crippen LogP contribution in [-0.4, -0.2) is 12.6 Å². The van der Waals surface area contributed by atoms with Gasteiger partial charge in [-0.3, -0.25) is 0 Å². The van der Waals surface area contributed by atoms with Crippen LogP contribution in [0.1, 0.15) is 32.6 Å². The third kappa shape index (κ3) is 18.7. The molecule has 1 atom stereocenters. The van der Waals surface area contributed by atoms with E-state index in [1.807, 2.05) is 0 Å². The number of hydrogen-bond donors (Lipinski definition) is 0. The zero-order valence-electron chi connectivity index (χ0n) is 11.5. The Morgan fingerprint density at radius 3 is 2.53 bits per heavy atom. The van der Waals surface area contributed by atoms with Gasteiger partial charge in [0.25, 0.3) is 0 Å². The fourth-order valence-electron chi connectivity index (χ4n) is 1.10. The fourth-order valence-corrected chi connectivity index (χ4v) is 1.10. The summed E-state index contributed by atoms with van der Waals surface area (Å²) in [6.45, 7) is 13.2. The van der Waals surface area contributed by atoms with Crippen LogP contribution in [0.2, 0.25) is 0 Å². The van der Waals surface area contributed by atoms with Crippen molar-refractivity contribution in [1.29, 1.82) is 0 Å². The minimum absolute atomic E-state index is 0.122. The van der Waals surface area contributed by atoms with Crippen molar-refractivity contribution in [1.82, 2.24) is 0 Å². The van der Waals surface area contributed by atoms with Crippen LogP contribution in [0.25, 0.3) is 0 Å². The first-order valence-corrected chi connectivity index (χ1v) is 12.4. The summed E-state index contributed by atoms with van der Waals surface area (Å²) < 4.78 is 5.00. The van der Waals surface area contributed by atoms with E-state index in [1.165, 1.54) is 0 Å². The first-order chi connectivity index (χ1) is 8.99. The molecule has 0 fully saturated rings. The Hall–Kier alpha value is 0.673. The van der Waals surface area contributed by atoms with Crippen molar-refractivity contribution in [3.05, 3.63) is 38.8 Å². The Bertz CT molecular complexity index is 235. The molecule has 0 saturated heterocycles. The number of carbonyl (C=O) groups is 1. The van der Waals surface area contributed by atoms with Gasteiger partial charge in [0.05, 0.1) is 6.61 Å². The Morgan fingerprint density at radius 1 is 1.47 bits per heavy atom. The van der Waals surface area contributed by atoms with Gasteiger partial charge < -0.3 is 37.8 Å². The van der Waals surface area contributed by atoms with Gasteiger partial charge in [0.2, 0.25) is 0 Å². The van der Waals surface area contributed by atoms with E-state index >= 15 is 0 Å². The van der Waals surface area contributed by atoms with Crippen LogP contribution >= 0.6 is 17.0 Å². The Labute approximate surface area is 136 Å². The third-order valence-corrected chi connectivity index (χ3v) is 2.04. The first kappa shape index (κ1) is 22.0. The van der Waals surface area contributed by atoms with Gasteiger partial charge >= 0.3 is 43.8 Å². The second kappa shape index (κ2) is 16.7. The molecule has 112 valence electrons. The topological polar surface area (TPSA) is 26.3 Å². The average Bonchev–Trinajstić information content (AvgIpc) is 2.36. The molecule has 0 N–H and O–H groups in total. The first-order valence-electron chi connectivity index (χ1n) is 6.04. The van der Waals surface area contributed by atoms with Crippen molar-refractivity contribution in [2.24, 2.45) is 5.92 Å². The molecular weight excluding hydrogens is 362 g/mol. The van der Waals surface area contributed by atoms with E-state index in [2.05, 4.69) is 33.3 Å². The SMILES string of the molecule is C=C(C)C(=O)OCC([CH2-])C[CH-]C[CH-]CC[CH2-].[Cl][Zr][Cl]. The van der Waals surface area contributed by atoms with Crippen LogP contribution in [0.3, 0.4) is 0 Å². The van der Waals surface area contributed by atoms with Crippen LogP contribution in [0.4, 0.5) is 0 Å². The second-order valence-electron chi connectivity index (χ2n) is 4.01. The maximum absolute atomic E-state index is 11.1. The molecule has 0 aliphatic carbocycles. The van der Waals surface area contributed by atoms with Gasteiger partial charge in [0.1, 0.15) is 0 Å². The number of carbonyl (C=O) groups excluding carboxylic acids is 1. The van der Waals surface area contributed by atoms with Gasteiger partial charge in [-0.15, -0.1) is 0 Å². The van der Waals surface area contributed by atoms with Crippen molar-refractivity contribution >= 4 is 23.0 Å². The molecule has 2 nitrogen and oxygen atoms in total. The van der Waals surface area contributed by atoms with Crippen molar-refractivity contribution in [2.45, 2.75) is 32.6 Å². The Morgan fingerprint density at radius 2 is 2.05 bits per heavy atom. The van der Waals surface area contributed by atoms with Gasteiger partial charge in [0.15, 0.2) is 0 Å². The number of halogens is 2. The molecule has 0 aromatic carbocycles. The normalized spacial score (nSPS) is 11.0. The van der Waals surface area contributed by atoms with Crippen LogP contribution in [0, 0.1) is 32.6 Å². The van der Waals surface area contributed by atoms with E-state index in [4.69, 9.17) is 21.8 Å².